The van der Waals surface area contributed by atoms with E-state index in [4.69, 9.17) is 4.74 Å². The lowest BCUT2D eigenvalue weighted by atomic mass is 10.0. The zero-order chi connectivity index (χ0) is 9.11. The number of ether oxygens (including phenoxy) is 1. The third-order valence-electron chi connectivity index (χ3n) is 1.74. The van der Waals surface area contributed by atoms with Gasteiger partial charge in [0, 0.05) is 13.7 Å². The highest BCUT2D eigenvalue weighted by atomic mass is 16.5. The molecule has 0 aromatic carbocycles. The molecule has 0 aliphatic rings. The molecule has 0 heterocycles. The van der Waals surface area contributed by atoms with Gasteiger partial charge in [-0.25, -0.2) is 0 Å². The average Bonchev–Trinajstić information content (AvgIpc) is 2.08. The molecule has 70 valence electrons. The molecule has 0 rings (SSSR count). The van der Waals surface area contributed by atoms with Gasteiger partial charge in [0.2, 0.25) is 0 Å². The normalized spacial score (nSPS) is 11.7. The Morgan fingerprint density at radius 1 is 1.27 bits per heavy atom. The third kappa shape index (κ3) is 13.0. The van der Waals surface area contributed by atoms with Crippen LogP contribution >= 0.6 is 0 Å². The molecule has 1 nitrogen and oxygen atoms in total. The molecule has 0 saturated carbocycles. The molecule has 1 heteroatoms. The van der Waals surface area contributed by atoms with Crippen LogP contribution in [0, 0.1) is 5.92 Å². The number of methoxy groups -OCH3 is 1. The minimum atomic E-state index is 0.875. The molecule has 0 radical (unpaired) electrons. The highest BCUT2D eigenvalue weighted by molar-refractivity contribution is 4.48. The summed E-state index contributed by atoms with van der Waals surface area (Å²) in [6, 6.07) is 0. The Labute approximate surface area is 72.1 Å². The molecule has 0 aliphatic carbocycles. The fraction of sp³-hybridized carbons (Fsp3) is 1.00. The van der Waals surface area contributed by atoms with Crippen molar-refractivity contribution in [2.24, 2.45) is 5.92 Å². The maximum absolute atomic E-state index is 4.94. The third-order valence-corrected chi connectivity index (χ3v) is 1.74. The van der Waals surface area contributed by atoms with E-state index < -0.39 is 0 Å². The van der Waals surface area contributed by atoms with E-state index >= 15 is 0 Å². The minimum absolute atomic E-state index is 0.875. The van der Waals surface area contributed by atoms with Crippen LogP contribution < -0.4 is 0 Å². The zero-order valence-electron chi connectivity index (χ0n) is 8.81. The van der Waals surface area contributed by atoms with Gasteiger partial charge in [-0.3, -0.25) is 0 Å². The Hall–Kier alpha value is -0.0400. The summed E-state index contributed by atoms with van der Waals surface area (Å²) in [5.74, 6) is 0.875. The van der Waals surface area contributed by atoms with Gasteiger partial charge in [-0.2, -0.15) is 0 Å². The van der Waals surface area contributed by atoms with E-state index in [1.54, 1.807) is 7.11 Å². The molecular formula is C10H24O. The molecule has 1 atom stereocenters. The first-order chi connectivity index (χ1) is 5.31. The Kier molecular flexibility index (Phi) is 15.5. The van der Waals surface area contributed by atoms with Crippen molar-refractivity contribution < 1.29 is 4.74 Å². The van der Waals surface area contributed by atoms with Crippen molar-refractivity contribution in [3.63, 3.8) is 0 Å². The Morgan fingerprint density at radius 3 is 2.18 bits per heavy atom. The van der Waals surface area contributed by atoms with Crippen molar-refractivity contribution >= 4 is 0 Å². The maximum Gasteiger partial charge on any atom is 0.0462 e. The van der Waals surface area contributed by atoms with Gasteiger partial charge in [0.1, 0.15) is 0 Å². The van der Waals surface area contributed by atoms with Crippen LogP contribution in [0.25, 0.3) is 0 Å². The average molecular weight is 160 g/mol. The van der Waals surface area contributed by atoms with Gasteiger partial charge in [0.05, 0.1) is 0 Å². The lowest BCUT2D eigenvalue weighted by molar-refractivity contribution is 0.187. The van der Waals surface area contributed by atoms with Gasteiger partial charge < -0.3 is 4.74 Å². The van der Waals surface area contributed by atoms with Crippen molar-refractivity contribution in [2.75, 3.05) is 13.7 Å². The largest absolute Gasteiger partial charge is 0.385 e. The molecule has 0 spiro atoms. The molecule has 0 bridgehead atoms. The lowest BCUT2D eigenvalue weighted by Crippen LogP contribution is -1.95. The molecule has 0 aromatic rings. The topological polar surface area (TPSA) is 9.23 Å². The summed E-state index contributed by atoms with van der Waals surface area (Å²) in [4.78, 5) is 0. The van der Waals surface area contributed by atoms with E-state index in [1.807, 2.05) is 13.8 Å². The molecular weight excluding hydrogens is 136 g/mol. The SMILES string of the molecule is CC.CCC(C)CCCOC. The molecule has 0 aliphatic heterocycles. The van der Waals surface area contributed by atoms with Crippen LogP contribution in [0.3, 0.4) is 0 Å². The van der Waals surface area contributed by atoms with Crippen LogP contribution in [0.2, 0.25) is 0 Å². The molecule has 11 heavy (non-hydrogen) atoms. The lowest BCUT2D eigenvalue weighted by Gasteiger charge is -2.05. The van der Waals surface area contributed by atoms with Gasteiger partial charge in [-0.05, 0) is 18.8 Å². The molecule has 1 unspecified atom stereocenters. The van der Waals surface area contributed by atoms with Gasteiger partial charge in [0.25, 0.3) is 0 Å². The van der Waals surface area contributed by atoms with Crippen LogP contribution in [0.4, 0.5) is 0 Å². The van der Waals surface area contributed by atoms with E-state index in [-0.39, 0.29) is 0 Å². The summed E-state index contributed by atoms with van der Waals surface area (Å²) in [7, 11) is 1.76. The molecule has 0 aromatic heterocycles. The van der Waals surface area contributed by atoms with Crippen molar-refractivity contribution in [1.82, 2.24) is 0 Å². The van der Waals surface area contributed by atoms with E-state index in [2.05, 4.69) is 13.8 Å². The fourth-order valence-corrected chi connectivity index (χ4v) is 0.780. The number of rotatable bonds is 5. The predicted octanol–water partition coefficient (Wildman–Crippen LogP) is 3.49. The Morgan fingerprint density at radius 2 is 1.82 bits per heavy atom. The van der Waals surface area contributed by atoms with E-state index in [1.165, 1.54) is 19.3 Å². The maximum atomic E-state index is 4.94. The monoisotopic (exact) mass is 160 g/mol. The van der Waals surface area contributed by atoms with E-state index in [9.17, 15) is 0 Å². The summed E-state index contributed by atoms with van der Waals surface area (Å²) in [5, 5.41) is 0. The molecule has 0 N–H and O–H groups in total. The second-order valence-corrected chi connectivity index (χ2v) is 2.65. The first-order valence-electron chi connectivity index (χ1n) is 4.80. The predicted molar refractivity (Wildman–Crippen MR) is 51.9 cm³/mol. The first kappa shape index (κ1) is 13.5. The van der Waals surface area contributed by atoms with Crippen LogP contribution in [-0.2, 0) is 4.74 Å². The van der Waals surface area contributed by atoms with E-state index in [0.29, 0.717) is 0 Å². The summed E-state index contributed by atoms with van der Waals surface area (Å²) in [5.41, 5.74) is 0. The van der Waals surface area contributed by atoms with Crippen LogP contribution in [0.15, 0.2) is 0 Å². The zero-order valence-corrected chi connectivity index (χ0v) is 8.81. The smallest absolute Gasteiger partial charge is 0.0462 e. The molecule has 0 fully saturated rings. The standard InChI is InChI=1S/C8H18O.C2H6/c1-4-8(2)6-5-7-9-3;1-2/h8H,4-7H2,1-3H3;1-2H3. The van der Waals surface area contributed by atoms with E-state index in [0.717, 1.165) is 12.5 Å². The summed E-state index contributed by atoms with van der Waals surface area (Å²) in [6.45, 7) is 9.44. The fourth-order valence-electron chi connectivity index (χ4n) is 0.780. The van der Waals surface area contributed by atoms with Crippen molar-refractivity contribution in [2.45, 2.75) is 47.0 Å². The molecule has 0 amide bonds. The van der Waals surface area contributed by atoms with Crippen molar-refractivity contribution in [3.8, 4) is 0 Å². The van der Waals surface area contributed by atoms with Gasteiger partial charge in [-0.15, -0.1) is 0 Å². The summed E-state index contributed by atoms with van der Waals surface area (Å²) >= 11 is 0. The second-order valence-electron chi connectivity index (χ2n) is 2.65. The summed E-state index contributed by atoms with van der Waals surface area (Å²) < 4.78 is 4.94. The first-order valence-corrected chi connectivity index (χ1v) is 4.80. The minimum Gasteiger partial charge on any atom is -0.385 e. The van der Waals surface area contributed by atoms with Gasteiger partial charge >= 0.3 is 0 Å². The van der Waals surface area contributed by atoms with Crippen LogP contribution in [-0.4, -0.2) is 13.7 Å². The van der Waals surface area contributed by atoms with Crippen LogP contribution in [0.5, 0.6) is 0 Å². The number of hydrogen-bond donors (Lipinski definition) is 0. The number of hydrogen-bond acceptors (Lipinski definition) is 1. The summed E-state index contributed by atoms with van der Waals surface area (Å²) in [6.07, 6.45) is 3.82. The quantitative estimate of drug-likeness (QED) is 0.559. The highest BCUT2D eigenvalue weighted by Gasteiger charge is 1.96. The van der Waals surface area contributed by atoms with Crippen LogP contribution in [0.1, 0.15) is 47.0 Å². The van der Waals surface area contributed by atoms with Crippen molar-refractivity contribution in [3.05, 3.63) is 0 Å². The second kappa shape index (κ2) is 12.6. The molecule has 0 saturated heterocycles. The van der Waals surface area contributed by atoms with Gasteiger partial charge in [-0.1, -0.05) is 34.1 Å². The Balaban J connectivity index is 0. The Bertz CT molecular complexity index is 52.8. The van der Waals surface area contributed by atoms with Crippen molar-refractivity contribution in [1.29, 1.82) is 0 Å². The highest BCUT2D eigenvalue weighted by Crippen LogP contribution is 2.08. The van der Waals surface area contributed by atoms with Gasteiger partial charge in [0.15, 0.2) is 0 Å².